The highest BCUT2D eigenvalue weighted by molar-refractivity contribution is 5.67. The first-order chi connectivity index (χ1) is 9.49. The summed E-state index contributed by atoms with van der Waals surface area (Å²) >= 11 is 0. The van der Waals surface area contributed by atoms with Crippen LogP contribution in [0.25, 0.3) is 5.57 Å². The normalized spacial score (nSPS) is 25.4. The van der Waals surface area contributed by atoms with Gasteiger partial charge in [-0.05, 0) is 36.5 Å². The minimum atomic E-state index is -4.34. The molecule has 2 atom stereocenters. The average molecular weight is 285 g/mol. The summed E-state index contributed by atoms with van der Waals surface area (Å²) in [5.74, 6) is -0.0123. The predicted molar refractivity (Wildman–Crippen MR) is 66.3 cm³/mol. The molecule has 3 rings (SSSR count). The maximum atomic E-state index is 12.0. The molecule has 1 saturated heterocycles. The largest absolute Gasteiger partial charge is 0.468 e. The molecular formula is C14H14F3NO2. The van der Waals surface area contributed by atoms with Crippen molar-refractivity contribution in [2.75, 3.05) is 6.61 Å². The van der Waals surface area contributed by atoms with Gasteiger partial charge in [-0.3, -0.25) is 0 Å². The molecule has 0 aromatic carbocycles. The van der Waals surface area contributed by atoms with Gasteiger partial charge < -0.3 is 9.47 Å². The van der Waals surface area contributed by atoms with E-state index in [1.807, 2.05) is 0 Å². The summed E-state index contributed by atoms with van der Waals surface area (Å²) < 4.78 is 46.4. The maximum absolute atomic E-state index is 12.0. The highest BCUT2D eigenvalue weighted by Gasteiger charge is 2.30. The lowest BCUT2D eigenvalue weighted by molar-refractivity contribution is -0.154. The first-order valence-corrected chi connectivity index (χ1v) is 6.52. The zero-order valence-electron chi connectivity index (χ0n) is 10.7. The van der Waals surface area contributed by atoms with E-state index in [9.17, 15) is 13.2 Å². The number of ether oxygens (including phenoxy) is 2. The summed E-state index contributed by atoms with van der Waals surface area (Å²) in [5.41, 5.74) is 2.07. The van der Waals surface area contributed by atoms with Gasteiger partial charge in [-0.1, -0.05) is 6.08 Å². The quantitative estimate of drug-likeness (QED) is 0.853. The van der Waals surface area contributed by atoms with Gasteiger partial charge in [0.2, 0.25) is 5.88 Å². The van der Waals surface area contributed by atoms with Crippen molar-refractivity contribution in [3.8, 4) is 5.88 Å². The van der Waals surface area contributed by atoms with E-state index in [1.54, 1.807) is 12.3 Å². The minimum Gasteiger partial charge on any atom is -0.468 e. The summed E-state index contributed by atoms with van der Waals surface area (Å²) in [6, 6.07) is 3.22. The Morgan fingerprint density at radius 1 is 1.30 bits per heavy atom. The SMILES string of the molecule is FC(F)(F)COc1ccc(C2=CC3CCC(C2)O3)cn1. The monoisotopic (exact) mass is 285 g/mol. The lowest BCUT2D eigenvalue weighted by Crippen LogP contribution is -2.19. The molecule has 20 heavy (non-hydrogen) atoms. The van der Waals surface area contributed by atoms with Gasteiger partial charge in [-0.25, -0.2) is 4.98 Å². The number of fused-ring (bicyclic) bond motifs is 2. The van der Waals surface area contributed by atoms with Crippen LogP contribution in [0.4, 0.5) is 13.2 Å². The average Bonchev–Trinajstić information content (AvgIpc) is 2.75. The molecule has 0 N–H and O–H groups in total. The maximum Gasteiger partial charge on any atom is 0.422 e. The predicted octanol–water partition coefficient (Wildman–Crippen LogP) is 3.36. The van der Waals surface area contributed by atoms with E-state index < -0.39 is 12.8 Å². The molecule has 108 valence electrons. The Morgan fingerprint density at radius 2 is 2.15 bits per heavy atom. The zero-order chi connectivity index (χ0) is 14.2. The van der Waals surface area contributed by atoms with Crippen molar-refractivity contribution in [2.24, 2.45) is 0 Å². The Morgan fingerprint density at radius 3 is 2.80 bits per heavy atom. The van der Waals surface area contributed by atoms with Crippen molar-refractivity contribution in [3.63, 3.8) is 0 Å². The molecule has 0 aliphatic carbocycles. The number of alkyl halides is 3. The number of hydrogen-bond donors (Lipinski definition) is 0. The molecule has 3 heterocycles. The second kappa shape index (κ2) is 5.09. The van der Waals surface area contributed by atoms with Crippen LogP contribution in [0.3, 0.4) is 0 Å². The Kier molecular flexibility index (Phi) is 3.41. The third kappa shape index (κ3) is 3.12. The molecule has 0 saturated carbocycles. The number of halogens is 3. The zero-order valence-corrected chi connectivity index (χ0v) is 10.7. The van der Waals surface area contributed by atoms with Crippen molar-refractivity contribution in [1.82, 2.24) is 4.98 Å². The van der Waals surface area contributed by atoms with E-state index >= 15 is 0 Å². The van der Waals surface area contributed by atoms with E-state index in [-0.39, 0.29) is 18.1 Å². The highest BCUT2D eigenvalue weighted by Crippen LogP contribution is 2.36. The molecule has 1 fully saturated rings. The Hall–Kier alpha value is -1.56. The lowest BCUT2D eigenvalue weighted by Gasteiger charge is -2.20. The third-order valence-electron chi connectivity index (χ3n) is 3.47. The molecule has 2 unspecified atom stereocenters. The molecule has 0 amide bonds. The van der Waals surface area contributed by atoms with Gasteiger partial charge in [-0.15, -0.1) is 0 Å². The Balaban J connectivity index is 1.67. The van der Waals surface area contributed by atoms with E-state index in [4.69, 9.17) is 4.74 Å². The molecule has 6 heteroatoms. The number of aromatic nitrogens is 1. The first-order valence-electron chi connectivity index (χ1n) is 6.52. The fourth-order valence-electron chi connectivity index (χ4n) is 2.57. The molecule has 2 aliphatic rings. The second-order valence-corrected chi connectivity index (χ2v) is 5.06. The van der Waals surface area contributed by atoms with Crippen molar-refractivity contribution < 1.29 is 22.6 Å². The summed E-state index contributed by atoms with van der Waals surface area (Å²) in [6.45, 7) is -1.32. The summed E-state index contributed by atoms with van der Waals surface area (Å²) in [5, 5.41) is 0. The van der Waals surface area contributed by atoms with E-state index in [1.165, 1.54) is 6.07 Å². The highest BCUT2D eigenvalue weighted by atomic mass is 19.4. The number of hydrogen-bond acceptors (Lipinski definition) is 3. The Labute approximate surface area is 114 Å². The van der Waals surface area contributed by atoms with Gasteiger partial charge in [0.15, 0.2) is 6.61 Å². The number of nitrogens with zero attached hydrogens (tertiary/aromatic N) is 1. The molecule has 1 aromatic rings. The van der Waals surface area contributed by atoms with Crippen molar-refractivity contribution in [2.45, 2.75) is 37.6 Å². The van der Waals surface area contributed by atoms with Crippen LogP contribution in [0.2, 0.25) is 0 Å². The van der Waals surface area contributed by atoms with Crippen LogP contribution in [0.1, 0.15) is 24.8 Å². The van der Waals surface area contributed by atoms with Gasteiger partial charge in [0.1, 0.15) is 0 Å². The second-order valence-electron chi connectivity index (χ2n) is 5.06. The summed E-state index contributed by atoms with van der Waals surface area (Å²) in [7, 11) is 0. The van der Waals surface area contributed by atoms with Crippen LogP contribution in [-0.2, 0) is 4.74 Å². The fraction of sp³-hybridized carbons (Fsp3) is 0.500. The van der Waals surface area contributed by atoms with Gasteiger partial charge in [0.05, 0.1) is 12.2 Å². The molecule has 0 spiro atoms. The van der Waals surface area contributed by atoms with Crippen molar-refractivity contribution in [3.05, 3.63) is 30.0 Å². The van der Waals surface area contributed by atoms with Crippen LogP contribution in [0.5, 0.6) is 5.88 Å². The van der Waals surface area contributed by atoms with E-state index in [0.29, 0.717) is 0 Å². The van der Waals surface area contributed by atoms with Crippen LogP contribution >= 0.6 is 0 Å². The van der Waals surface area contributed by atoms with Gasteiger partial charge in [-0.2, -0.15) is 13.2 Å². The molecule has 1 aromatic heterocycles. The van der Waals surface area contributed by atoms with Crippen LogP contribution in [-0.4, -0.2) is 30.0 Å². The number of pyridine rings is 1. The molecule has 0 radical (unpaired) electrons. The first kappa shape index (κ1) is 13.4. The van der Waals surface area contributed by atoms with E-state index in [0.717, 1.165) is 30.4 Å². The van der Waals surface area contributed by atoms with Crippen LogP contribution < -0.4 is 4.74 Å². The standard InChI is InChI=1S/C14H14F3NO2/c15-14(16,17)8-19-13-4-1-9(7-18-13)10-5-11-2-3-12(6-10)20-11/h1,4-5,7,11-12H,2-3,6,8H2. The lowest BCUT2D eigenvalue weighted by atomic mass is 10.00. The van der Waals surface area contributed by atoms with Gasteiger partial charge >= 0.3 is 6.18 Å². The smallest absolute Gasteiger partial charge is 0.422 e. The molecular weight excluding hydrogens is 271 g/mol. The summed E-state index contributed by atoms with van der Waals surface area (Å²) in [4.78, 5) is 3.92. The summed E-state index contributed by atoms with van der Waals surface area (Å²) in [6.07, 6.45) is 2.66. The molecule has 3 nitrogen and oxygen atoms in total. The van der Waals surface area contributed by atoms with Crippen LogP contribution in [0.15, 0.2) is 24.4 Å². The molecule has 2 bridgehead atoms. The van der Waals surface area contributed by atoms with Gasteiger partial charge in [0.25, 0.3) is 0 Å². The molecule has 2 aliphatic heterocycles. The van der Waals surface area contributed by atoms with Crippen molar-refractivity contribution >= 4 is 5.57 Å². The number of rotatable bonds is 3. The fourth-order valence-corrected chi connectivity index (χ4v) is 2.57. The minimum absolute atomic E-state index is 0.0123. The van der Waals surface area contributed by atoms with E-state index in [2.05, 4.69) is 15.8 Å². The third-order valence-corrected chi connectivity index (χ3v) is 3.47. The van der Waals surface area contributed by atoms with Crippen molar-refractivity contribution in [1.29, 1.82) is 0 Å². The van der Waals surface area contributed by atoms with Crippen LogP contribution in [0, 0.1) is 0 Å². The Bertz CT molecular complexity index is 510. The van der Waals surface area contributed by atoms with Gasteiger partial charge in [0, 0.05) is 12.3 Å². The topological polar surface area (TPSA) is 31.4 Å².